The molecule has 7 heteroatoms. The van der Waals surface area contributed by atoms with E-state index >= 15 is 0 Å². The molecule has 1 saturated heterocycles. The van der Waals surface area contributed by atoms with E-state index in [0.717, 1.165) is 22.6 Å². The van der Waals surface area contributed by atoms with Gasteiger partial charge in [0, 0.05) is 42.0 Å². The smallest absolute Gasteiger partial charge is 0.227 e. The number of aryl methyl sites for hydroxylation is 2. The summed E-state index contributed by atoms with van der Waals surface area (Å²) in [7, 11) is 1.89. The molecule has 2 atom stereocenters. The fourth-order valence-electron chi connectivity index (χ4n) is 3.60. The first kappa shape index (κ1) is 18.5. The van der Waals surface area contributed by atoms with Gasteiger partial charge in [-0.1, -0.05) is 17.7 Å². The standard InChI is InChI=1S/C19H23ClN4O2/c1-11(18-12(2)22-23(4)13(18)3)21-19(26)14-8-17(25)24(10-14)16-7-5-6-15(20)9-16/h5-7,9,11,14H,8,10H2,1-4H3,(H,21,26). The summed E-state index contributed by atoms with van der Waals surface area (Å²) >= 11 is 6.01. The third-order valence-electron chi connectivity index (χ3n) is 4.97. The van der Waals surface area contributed by atoms with E-state index in [1.165, 1.54) is 0 Å². The van der Waals surface area contributed by atoms with Crippen molar-refractivity contribution in [3.63, 3.8) is 0 Å². The van der Waals surface area contributed by atoms with E-state index in [4.69, 9.17) is 11.6 Å². The van der Waals surface area contributed by atoms with E-state index in [0.29, 0.717) is 11.6 Å². The Balaban J connectivity index is 1.70. The van der Waals surface area contributed by atoms with Gasteiger partial charge in [0.1, 0.15) is 0 Å². The molecule has 1 aliphatic heterocycles. The zero-order chi connectivity index (χ0) is 19.0. The summed E-state index contributed by atoms with van der Waals surface area (Å²) in [6.07, 6.45) is 0.204. The highest BCUT2D eigenvalue weighted by Gasteiger charge is 2.36. The van der Waals surface area contributed by atoms with Crippen molar-refractivity contribution in [3.05, 3.63) is 46.2 Å². The fraction of sp³-hybridized carbons (Fsp3) is 0.421. The highest BCUT2D eigenvalue weighted by atomic mass is 35.5. The Labute approximate surface area is 158 Å². The average molecular weight is 375 g/mol. The quantitative estimate of drug-likeness (QED) is 0.894. The highest BCUT2D eigenvalue weighted by molar-refractivity contribution is 6.31. The SMILES string of the molecule is Cc1nn(C)c(C)c1C(C)NC(=O)C1CC(=O)N(c2cccc(Cl)c2)C1. The van der Waals surface area contributed by atoms with E-state index < -0.39 is 0 Å². The van der Waals surface area contributed by atoms with Crippen molar-refractivity contribution in [3.8, 4) is 0 Å². The predicted octanol–water partition coefficient (Wildman–Crippen LogP) is 2.92. The lowest BCUT2D eigenvalue weighted by atomic mass is 10.0. The van der Waals surface area contributed by atoms with Crippen LogP contribution in [0.2, 0.25) is 5.02 Å². The Hall–Kier alpha value is -2.34. The number of rotatable bonds is 4. The average Bonchev–Trinajstić information content (AvgIpc) is 3.07. The van der Waals surface area contributed by atoms with E-state index in [1.807, 2.05) is 38.6 Å². The zero-order valence-corrected chi connectivity index (χ0v) is 16.2. The summed E-state index contributed by atoms with van der Waals surface area (Å²) in [5, 5.41) is 8.01. The van der Waals surface area contributed by atoms with E-state index in [2.05, 4.69) is 10.4 Å². The molecular weight excluding hydrogens is 352 g/mol. The molecule has 0 aliphatic carbocycles. The molecule has 2 aromatic rings. The van der Waals surface area contributed by atoms with Gasteiger partial charge in [0.25, 0.3) is 0 Å². The van der Waals surface area contributed by atoms with Gasteiger partial charge in [-0.3, -0.25) is 14.3 Å². The molecule has 1 aromatic heterocycles. The molecule has 1 aromatic carbocycles. The van der Waals surface area contributed by atoms with Crippen molar-refractivity contribution < 1.29 is 9.59 Å². The number of aromatic nitrogens is 2. The zero-order valence-electron chi connectivity index (χ0n) is 15.4. The molecule has 138 valence electrons. The molecule has 0 spiro atoms. The van der Waals surface area contributed by atoms with E-state index in [1.54, 1.807) is 23.1 Å². The number of halogens is 1. The largest absolute Gasteiger partial charge is 0.349 e. The van der Waals surface area contributed by atoms with Gasteiger partial charge >= 0.3 is 0 Å². The van der Waals surface area contributed by atoms with Gasteiger partial charge in [0.15, 0.2) is 0 Å². The molecule has 1 aliphatic rings. The second-order valence-corrected chi connectivity index (χ2v) is 7.26. The van der Waals surface area contributed by atoms with Gasteiger partial charge in [0.05, 0.1) is 17.7 Å². The maximum absolute atomic E-state index is 12.7. The number of nitrogens with one attached hydrogen (secondary N) is 1. The number of hydrogen-bond acceptors (Lipinski definition) is 3. The van der Waals surface area contributed by atoms with Gasteiger partial charge in [-0.2, -0.15) is 5.10 Å². The molecule has 0 bridgehead atoms. The van der Waals surface area contributed by atoms with E-state index in [9.17, 15) is 9.59 Å². The number of benzene rings is 1. The molecule has 3 rings (SSSR count). The van der Waals surface area contributed by atoms with E-state index in [-0.39, 0.29) is 30.2 Å². The van der Waals surface area contributed by atoms with Crippen molar-refractivity contribution in [2.24, 2.45) is 13.0 Å². The van der Waals surface area contributed by atoms with Crippen molar-refractivity contribution in [1.82, 2.24) is 15.1 Å². The number of amides is 2. The number of carbonyl (C=O) groups is 2. The molecular formula is C19H23ClN4O2. The number of nitrogens with zero attached hydrogens (tertiary/aromatic N) is 3. The maximum Gasteiger partial charge on any atom is 0.227 e. The number of carbonyl (C=O) groups excluding carboxylic acids is 2. The summed E-state index contributed by atoms with van der Waals surface area (Å²) in [6.45, 7) is 6.23. The van der Waals surface area contributed by atoms with Crippen LogP contribution in [-0.4, -0.2) is 28.1 Å². The molecule has 26 heavy (non-hydrogen) atoms. The predicted molar refractivity (Wildman–Crippen MR) is 101 cm³/mol. The van der Waals surface area contributed by atoms with Crippen molar-refractivity contribution in [2.45, 2.75) is 33.2 Å². The summed E-state index contributed by atoms with van der Waals surface area (Å²) in [4.78, 5) is 26.7. The lowest BCUT2D eigenvalue weighted by Gasteiger charge is -2.19. The lowest BCUT2D eigenvalue weighted by molar-refractivity contribution is -0.126. The Morgan fingerprint density at radius 3 is 2.73 bits per heavy atom. The van der Waals surface area contributed by atoms with Crippen molar-refractivity contribution in [1.29, 1.82) is 0 Å². The second-order valence-electron chi connectivity index (χ2n) is 6.82. The van der Waals surface area contributed by atoms with Gasteiger partial charge in [-0.05, 0) is 39.0 Å². The second kappa shape index (κ2) is 7.11. The Kier molecular flexibility index (Phi) is 5.05. The Morgan fingerprint density at radius 1 is 1.38 bits per heavy atom. The molecule has 1 fully saturated rings. The summed E-state index contributed by atoms with van der Waals surface area (Å²) in [5.74, 6) is -0.548. The molecule has 2 heterocycles. The monoisotopic (exact) mass is 374 g/mol. The minimum atomic E-state index is -0.374. The van der Waals surface area contributed by atoms with Gasteiger partial charge < -0.3 is 10.2 Å². The number of hydrogen-bond donors (Lipinski definition) is 1. The minimum Gasteiger partial charge on any atom is -0.349 e. The summed E-state index contributed by atoms with van der Waals surface area (Å²) < 4.78 is 1.81. The van der Waals surface area contributed by atoms with Crippen LogP contribution in [0.5, 0.6) is 0 Å². The van der Waals surface area contributed by atoms with Gasteiger partial charge in [-0.25, -0.2) is 0 Å². The van der Waals surface area contributed by atoms with Crippen LogP contribution in [-0.2, 0) is 16.6 Å². The summed E-state index contributed by atoms with van der Waals surface area (Å²) in [5.41, 5.74) is 3.68. The van der Waals surface area contributed by atoms with Crippen LogP contribution in [0.25, 0.3) is 0 Å². The lowest BCUT2D eigenvalue weighted by Crippen LogP contribution is -2.35. The minimum absolute atomic E-state index is 0.0613. The molecule has 1 N–H and O–H groups in total. The Bertz CT molecular complexity index is 861. The van der Waals surface area contributed by atoms with Crippen LogP contribution in [0.4, 0.5) is 5.69 Å². The summed E-state index contributed by atoms with van der Waals surface area (Å²) in [6, 6.07) is 6.97. The normalized spacial score (nSPS) is 18.3. The third kappa shape index (κ3) is 3.46. The third-order valence-corrected chi connectivity index (χ3v) is 5.21. The van der Waals surface area contributed by atoms with Crippen LogP contribution >= 0.6 is 11.6 Å². The van der Waals surface area contributed by atoms with Crippen LogP contribution in [0, 0.1) is 19.8 Å². The molecule has 6 nitrogen and oxygen atoms in total. The molecule has 0 saturated carbocycles. The van der Waals surface area contributed by atoms with Crippen LogP contribution < -0.4 is 10.2 Å². The van der Waals surface area contributed by atoms with Crippen LogP contribution in [0.1, 0.15) is 36.3 Å². The van der Waals surface area contributed by atoms with Crippen LogP contribution in [0.3, 0.4) is 0 Å². The van der Waals surface area contributed by atoms with Crippen LogP contribution in [0.15, 0.2) is 24.3 Å². The first-order valence-corrected chi connectivity index (χ1v) is 9.02. The molecule has 2 amide bonds. The first-order chi connectivity index (χ1) is 12.3. The molecule has 2 unspecified atom stereocenters. The highest BCUT2D eigenvalue weighted by Crippen LogP contribution is 2.28. The first-order valence-electron chi connectivity index (χ1n) is 8.64. The molecule has 0 radical (unpaired) electrons. The topological polar surface area (TPSA) is 67.2 Å². The Morgan fingerprint density at radius 2 is 2.12 bits per heavy atom. The van der Waals surface area contributed by atoms with Gasteiger partial charge in [0.2, 0.25) is 11.8 Å². The van der Waals surface area contributed by atoms with Gasteiger partial charge in [-0.15, -0.1) is 0 Å². The number of anilines is 1. The van der Waals surface area contributed by atoms with Crippen molar-refractivity contribution >= 4 is 29.1 Å². The maximum atomic E-state index is 12.7. The van der Waals surface area contributed by atoms with Crippen molar-refractivity contribution in [2.75, 3.05) is 11.4 Å². The fourth-order valence-corrected chi connectivity index (χ4v) is 3.78.